The van der Waals surface area contributed by atoms with E-state index in [1.165, 1.54) is 11.1 Å². The van der Waals surface area contributed by atoms with Crippen LogP contribution in [0.1, 0.15) is 30.9 Å². The molecule has 0 spiro atoms. The van der Waals surface area contributed by atoms with E-state index in [0.29, 0.717) is 12.0 Å². The monoisotopic (exact) mass is 277 g/mol. The molecule has 1 aromatic carbocycles. The maximum absolute atomic E-state index is 6.00. The molecule has 2 rings (SSSR count). The van der Waals surface area contributed by atoms with Gasteiger partial charge in [0.1, 0.15) is 12.4 Å². The lowest BCUT2D eigenvalue weighted by Gasteiger charge is -2.24. The predicted octanol–water partition coefficient (Wildman–Crippen LogP) is 3.09. The van der Waals surface area contributed by atoms with E-state index in [1.807, 2.05) is 0 Å². The molecule has 1 aliphatic rings. The molecular weight excluding hydrogens is 250 g/mol. The Labute approximate surface area is 122 Å². The van der Waals surface area contributed by atoms with Gasteiger partial charge in [-0.25, -0.2) is 0 Å². The molecule has 20 heavy (non-hydrogen) atoms. The summed E-state index contributed by atoms with van der Waals surface area (Å²) in [4.78, 5) is 0. The lowest BCUT2D eigenvalue weighted by atomic mass is 9.99. The molecule has 3 heteroatoms. The zero-order chi connectivity index (χ0) is 14.4. The predicted molar refractivity (Wildman–Crippen MR) is 82.4 cm³/mol. The largest absolute Gasteiger partial charge is 0.492 e. The van der Waals surface area contributed by atoms with Crippen LogP contribution in [0.4, 0.5) is 0 Å². The van der Waals surface area contributed by atoms with Crippen molar-refractivity contribution in [1.82, 2.24) is 5.32 Å². The maximum atomic E-state index is 6.00. The summed E-state index contributed by atoms with van der Waals surface area (Å²) >= 11 is 0. The average molecular weight is 277 g/mol. The van der Waals surface area contributed by atoms with Gasteiger partial charge in [-0.1, -0.05) is 13.0 Å². The summed E-state index contributed by atoms with van der Waals surface area (Å²) in [6, 6.07) is 6.69. The van der Waals surface area contributed by atoms with Crippen LogP contribution in [0.15, 0.2) is 18.2 Å². The fraction of sp³-hybridized carbons (Fsp3) is 0.647. The summed E-state index contributed by atoms with van der Waals surface area (Å²) in [6.45, 7) is 9.95. The molecule has 1 aliphatic heterocycles. The lowest BCUT2D eigenvalue weighted by molar-refractivity contribution is 0.160. The van der Waals surface area contributed by atoms with Gasteiger partial charge in [0.2, 0.25) is 0 Å². The second-order valence-corrected chi connectivity index (χ2v) is 5.74. The highest BCUT2D eigenvalue weighted by Gasteiger charge is 2.25. The quantitative estimate of drug-likeness (QED) is 0.831. The van der Waals surface area contributed by atoms with Crippen LogP contribution in [0.5, 0.6) is 5.75 Å². The smallest absolute Gasteiger partial charge is 0.119 e. The van der Waals surface area contributed by atoms with Gasteiger partial charge in [0, 0.05) is 18.6 Å². The number of ether oxygens (including phenoxy) is 2. The molecule has 1 saturated heterocycles. The lowest BCUT2D eigenvalue weighted by Crippen LogP contribution is -2.41. The van der Waals surface area contributed by atoms with E-state index in [4.69, 9.17) is 9.47 Å². The summed E-state index contributed by atoms with van der Waals surface area (Å²) in [5.74, 6) is 1.54. The Hall–Kier alpha value is -1.06. The van der Waals surface area contributed by atoms with Crippen molar-refractivity contribution in [3.05, 3.63) is 29.3 Å². The van der Waals surface area contributed by atoms with Crippen molar-refractivity contribution in [3.63, 3.8) is 0 Å². The van der Waals surface area contributed by atoms with Gasteiger partial charge in [0.25, 0.3) is 0 Å². The van der Waals surface area contributed by atoms with Gasteiger partial charge in [0.15, 0.2) is 0 Å². The Morgan fingerprint density at radius 2 is 2.20 bits per heavy atom. The van der Waals surface area contributed by atoms with Crippen LogP contribution in [0.3, 0.4) is 0 Å². The number of nitrogens with one attached hydrogen (secondary N) is 1. The number of hydrogen-bond donors (Lipinski definition) is 1. The summed E-state index contributed by atoms with van der Waals surface area (Å²) in [5, 5.41) is 3.60. The zero-order valence-corrected chi connectivity index (χ0v) is 12.9. The van der Waals surface area contributed by atoms with Gasteiger partial charge < -0.3 is 14.8 Å². The van der Waals surface area contributed by atoms with E-state index in [9.17, 15) is 0 Å². The molecule has 0 radical (unpaired) electrons. The third kappa shape index (κ3) is 4.22. The number of aryl methyl sites for hydroxylation is 2. The summed E-state index contributed by atoms with van der Waals surface area (Å²) in [6.07, 6.45) is 2.28. The molecule has 1 N–H and O–H groups in total. The molecule has 2 unspecified atom stereocenters. The van der Waals surface area contributed by atoms with E-state index < -0.39 is 0 Å². The van der Waals surface area contributed by atoms with Crippen molar-refractivity contribution < 1.29 is 9.47 Å². The molecule has 0 aromatic heterocycles. The molecule has 0 aliphatic carbocycles. The molecular formula is C17H27NO2. The molecule has 0 saturated carbocycles. The molecule has 1 fully saturated rings. The number of hydrogen-bond acceptors (Lipinski definition) is 3. The van der Waals surface area contributed by atoms with Crippen molar-refractivity contribution in [1.29, 1.82) is 0 Å². The highest BCUT2D eigenvalue weighted by atomic mass is 16.5. The van der Waals surface area contributed by atoms with Gasteiger partial charge in [-0.2, -0.15) is 0 Å². The minimum atomic E-state index is 0.388. The van der Waals surface area contributed by atoms with Gasteiger partial charge in [-0.05, 0) is 56.5 Å². The van der Waals surface area contributed by atoms with Crippen LogP contribution in [0.25, 0.3) is 0 Å². The van der Waals surface area contributed by atoms with Crippen molar-refractivity contribution in [2.75, 3.05) is 26.4 Å². The summed E-state index contributed by atoms with van der Waals surface area (Å²) in [5.41, 5.74) is 2.59. The van der Waals surface area contributed by atoms with Gasteiger partial charge in [-0.15, -0.1) is 0 Å². The summed E-state index contributed by atoms with van der Waals surface area (Å²) < 4.78 is 11.5. The van der Waals surface area contributed by atoms with Crippen LogP contribution in [-0.2, 0) is 4.74 Å². The number of benzene rings is 1. The fourth-order valence-corrected chi connectivity index (χ4v) is 2.55. The van der Waals surface area contributed by atoms with Crippen molar-refractivity contribution >= 4 is 0 Å². The first-order valence-electron chi connectivity index (χ1n) is 7.72. The van der Waals surface area contributed by atoms with Gasteiger partial charge in [0.05, 0.1) is 6.61 Å². The SMILES string of the molecule is CCCNC(COc1ccc(C)c(C)c1)C1CCOC1. The molecule has 112 valence electrons. The van der Waals surface area contributed by atoms with Crippen molar-refractivity contribution in [3.8, 4) is 5.75 Å². The first-order valence-corrected chi connectivity index (χ1v) is 7.72. The summed E-state index contributed by atoms with van der Waals surface area (Å²) in [7, 11) is 0. The normalized spacial score (nSPS) is 20.1. The van der Waals surface area contributed by atoms with Crippen LogP contribution in [0, 0.1) is 19.8 Å². The fourth-order valence-electron chi connectivity index (χ4n) is 2.55. The van der Waals surface area contributed by atoms with Gasteiger partial charge in [-0.3, -0.25) is 0 Å². The van der Waals surface area contributed by atoms with E-state index >= 15 is 0 Å². The minimum Gasteiger partial charge on any atom is -0.492 e. The maximum Gasteiger partial charge on any atom is 0.119 e. The highest BCUT2D eigenvalue weighted by molar-refractivity contribution is 5.33. The molecule has 1 aromatic rings. The van der Waals surface area contributed by atoms with Crippen LogP contribution in [-0.4, -0.2) is 32.4 Å². The van der Waals surface area contributed by atoms with E-state index in [0.717, 1.165) is 45.0 Å². The standard InChI is InChI=1S/C17H27NO2/c1-4-8-18-17(15-7-9-19-11-15)12-20-16-6-5-13(2)14(3)10-16/h5-6,10,15,17-18H,4,7-9,11-12H2,1-3H3. The average Bonchev–Trinajstić information content (AvgIpc) is 2.97. The second-order valence-electron chi connectivity index (χ2n) is 5.74. The Balaban J connectivity index is 1.91. The third-order valence-corrected chi connectivity index (χ3v) is 4.10. The highest BCUT2D eigenvalue weighted by Crippen LogP contribution is 2.20. The van der Waals surface area contributed by atoms with E-state index in [-0.39, 0.29) is 0 Å². The van der Waals surface area contributed by atoms with Crippen LogP contribution in [0.2, 0.25) is 0 Å². The van der Waals surface area contributed by atoms with E-state index in [1.54, 1.807) is 0 Å². The minimum absolute atomic E-state index is 0.388. The van der Waals surface area contributed by atoms with Crippen LogP contribution < -0.4 is 10.1 Å². The molecule has 2 atom stereocenters. The molecule has 3 nitrogen and oxygen atoms in total. The Bertz CT molecular complexity index is 413. The van der Waals surface area contributed by atoms with Crippen LogP contribution >= 0.6 is 0 Å². The van der Waals surface area contributed by atoms with Gasteiger partial charge >= 0.3 is 0 Å². The topological polar surface area (TPSA) is 30.5 Å². The first kappa shape index (κ1) is 15.3. The number of rotatable bonds is 7. The molecule has 0 bridgehead atoms. The Kier molecular flexibility index (Phi) is 5.86. The second kappa shape index (κ2) is 7.65. The van der Waals surface area contributed by atoms with Crippen molar-refractivity contribution in [2.24, 2.45) is 5.92 Å². The molecule has 0 amide bonds. The zero-order valence-electron chi connectivity index (χ0n) is 12.9. The molecule has 1 heterocycles. The van der Waals surface area contributed by atoms with Crippen molar-refractivity contribution in [2.45, 2.75) is 39.7 Å². The first-order chi connectivity index (χ1) is 9.70. The third-order valence-electron chi connectivity index (χ3n) is 4.10. The Morgan fingerprint density at radius 3 is 2.85 bits per heavy atom. The van der Waals surface area contributed by atoms with E-state index in [2.05, 4.69) is 44.3 Å². The Morgan fingerprint density at radius 1 is 1.35 bits per heavy atom.